The number of nitrogens with two attached hydrogens (primary N) is 1. The predicted octanol–water partition coefficient (Wildman–Crippen LogP) is 0.446. The Balaban J connectivity index is 2.25. The monoisotopic (exact) mass is 143 g/mol. The molecule has 1 saturated carbocycles. The fourth-order valence-corrected chi connectivity index (χ4v) is 1.23. The lowest BCUT2D eigenvalue weighted by molar-refractivity contribution is -0.138. The molecule has 3 nitrogen and oxygen atoms in total. The van der Waals surface area contributed by atoms with E-state index in [1.165, 1.54) is 12.8 Å². The summed E-state index contributed by atoms with van der Waals surface area (Å²) in [6, 6.07) is 0. The van der Waals surface area contributed by atoms with Gasteiger partial charge in [-0.3, -0.25) is 4.79 Å². The minimum Gasteiger partial charge on any atom is -0.481 e. The second-order valence-electron chi connectivity index (χ2n) is 2.93. The quantitative estimate of drug-likeness (QED) is 0.600. The average molecular weight is 143 g/mol. The Morgan fingerprint density at radius 2 is 2.30 bits per heavy atom. The summed E-state index contributed by atoms with van der Waals surface area (Å²) < 4.78 is 0. The van der Waals surface area contributed by atoms with Crippen molar-refractivity contribution < 1.29 is 9.90 Å². The first-order valence-corrected chi connectivity index (χ1v) is 3.66. The molecule has 0 radical (unpaired) electrons. The molecule has 1 aliphatic carbocycles. The third-order valence-electron chi connectivity index (χ3n) is 2.03. The summed E-state index contributed by atoms with van der Waals surface area (Å²) in [4.78, 5) is 10.2. The van der Waals surface area contributed by atoms with Crippen molar-refractivity contribution in [3.63, 3.8) is 0 Å². The van der Waals surface area contributed by atoms with Crippen LogP contribution < -0.4 is 5.73 Å². The summed E-state index contributed by atoms with van der Waals surface area (Å²) in [5.74, 6) is 0.126. The van der Waals surface area contributed by atoms with Crippen molar-refractivity contribution in [1.29, 1.82) is 0 Å². The van der Waals surface area contributed by atoms with Crippen molar-refractivity contribution in [3.8, 4) is 0 Å². The molecule has 0 heterocycles. The zero-order valence-electron chi connectivity index (χ0n) is 5.92. The van der Waals surface area contributed by atoms with E-state index in [9.17, 15) is 4.79 Å². The molecule has 0 aromatic rings. The maximum Gasteiger partial charge on any atom is 0.303 e. The SMILES string of the molecule is NCC(CC(=O)O)C1CC1. The standard InChI is InChI=1S/C7H13NO2/c8-4-6(3-7(9)10)5-1-2-5/h5-6H,1-4,8H2,(H,9,10). The maximum absolute atomic E-state index is 10.2. The predicted molar refractivity (Wildman–Crippen MR) is 37.5 cm³/mol. The Kier molecular flexibility index (Phi) is 2.27. The molecule has 1 fully saturated rings. The van der Waals surface area contributed by atoms with Crippen LogP contribution in [0.5, 0.6) is 0 Å². The first kappa shape index (κ1) is 7.54. The molecule has 0 aliphatic heterocycles. The van der Waals surface area contributed by atoms with Crippen molar-refractivity contribution in [3.05, 3.63) is 0 Å². The van der Waals surface area contributed by atoms with Gasteiger partial charge >= 0.3 is 5.97 Å². The molecule has 3 N–H and O–H groups in total. The number of aliphatic carboxylic acids is 1. The molecule has 3 heteroatoms. The van der Waals surface area contributed by atoms with E-state index in [1.54, 1.807) is 0 Å². The number of carboxylic acids is 1. The van der Waals surface area contributed by atoms with Crippen LogP contribution in [0.25, 0.3) is 0 Å². The Hall–Kier alpha value is -0.570. The highest BCUT2D eigenvalue weighted by Gasteiger charge is 2.31. The molecule has 1 atom stereocenters. The number of carbonyl (C=O) groups is 1. The molecule has 10 heavy (non-hydrogen) atoms. The van der Waals surface area contributed by atoms with Gasteiger partial charge in [-0.2, -0.15) is 0 Å². The van der Waals surface area contributed by atoms with Gasteiger partial charge in [0.15, 0.2) is 0 Å². The summed E-state index contributed by atoms with van der Waals surface area (Å²) in [5.41, 5.74) is 5.40. The van der Waals surface area contributed by atoms with E-state index in [1.807, 2.05) is 0 Å². The van der Waals surface area contributed by atoms with Gasteiger partial charge in [0.1, 0.15) is 0 Å². The molecular formula is C7H13NO2. The van der Waals surface area contributed by atoms with Crippen LogP contribution in [0.15, 0.2) is 0 Å². The molecule has 58 valence electrons. The minimum atomic E-state index is -0.720. The molecule has 1 unspecified atom stereocenters. The zero-order chi connectivity index (χ0) is 7.56. The maximum atomic E-state index is 10.2. The van der Waals surface area contributed by atoms with Crippen LogP contribution in [-0.4, -0.2) is 17.6 Å². The summed E-state index contributed by atoms with van der Waals surface area (Å²) >= 11 is 0. The van der Waals surface area contributed by atoms with E-state index in [4.69, 9.17) is 10.8 Å². The highest BCUT2D eigenvalue weighted by Crippen LogP contribution is 2.37. The first-order valence-electron chi connectivity index (χ1n) is 3.66. The molecule has 1 aliphatic rings. The Morgan fingerprint density at radius 1 is 1.70 bits per heavy atom. The van der Waals surface area contributed by atoms with Gasteiger partial charge in [-0.25, -0.2) is 0 Å². The number of rotatable bonds is 4. The lowest BCUT2D eigenvalue weighted by Gasteiger charge is -2.08. The molecule has 0 saturated heterocycles. The van der Waals surface area contributed by atoms with Crippen LogP contribution in [0.2, 0.25) is 0 Å². The van der Waals surface area contributed by atoms with Gasteiger partial charge in [0.05, 0.1) is 0 Å². The summed E-state index contributed by atoms with van der Waals surface area (Å²) in [5, 5.41) is 8.44. The lowest BCUT2D eigenvalue weighted by atomic mass is 10.0. The van der Waals surface area contributed by atoms with Crippen LogP contribution in [0.4, 0.5) is 0 Å². The van der Waals surface area contributed by atoms with Gasteiger partial charge in [-0.05, 0) is 31.2 Å². The van der Waals surface area contributed by atoms with Crippen molar-refractivity contribution in [1.82, 2.24) is 0 Å². The molecule has 0 spiro atoms. The summed E-state index contributed by atoms with van der Waals surface area (Å²) in [6.07, 6.45) is 2.60. The second kappa shape index (κ2) is 3.01. The molecule has 0 aromatic heterocycles. The topological polar surface area (TPSA) is 63.3 Å². The number of hydrogen-bond acceptors (Lipinski definition) is 2. The summed E-state index contributed by atoms with van der Waals surface area (Å²) in [6.45, 7) is 0.525. The van der Waals surface area contributed by atoms with Gasteiger partial charge in [-0.15, -0.1) is 0 Å². The van der Waals surface area contributed by atoms with Crippen molar-refractivity contribution in [2.24, 2.45) is 17.6 Å². The Labute approximate surface area is 60.2 Å². The van der Waals surface area contributed by atoms with Crippen molar-refractivity contribution in [2.45, 2.75) is 19.3 Å². The van der Waals surface area contributed by atoms with E-state index in [2.05, 4.69) is 0 Å². The van der Waals surface area contributed by atoms with Crippen LogP contribution in [0, 0.1) is 11.8 Å². The largest absolute Gasteiger partial charge is 0.481 e. The third-order valence-corrected chi connectivity index (χ3v) is 2.03. The van der Waals surface area contributed by atoms with Gasteiger partial charge in [-0.1, -0.05) is 0 Å². The van der Waals surface area contributed by atoms with Gasteiger partial charge in [0, 0.05) is 6.42 Å². The fraction of sp³-hybridized carbons (Fsp3) is 0.857. The second-order valence-corrected chi connectivity index (χ2v) is 2.93. The number of carboxylic acid groups (broad SMARTS) is 1. The van der Waals surface area contributed by atoms with Gasteiger partial charge < -0.3 is 10.8 Å². The van der Waals surface area contributed by atoms with Crippen molar-refractivity contribution >= 4 is 5.97 Å². The highest BCUT2D eigenvalue weighted by atomic mass is 16.4. The van der Waals surface area contributed by atoms with Crippen LogP contribution >= 0.6 is 0 Å². The molecular weight excluding hydrogens is 130 g/mol. The minimum absolute atomic E-state index is 0.234. The zero-order valence-corrected chi connectivity index (χ0v) is 5.92. The Bertz CT molecular complexity index is 132. The normalized spacial score (nSPS) is 20.5. The van der Waals surface area contributed by atoms with E-state index in [-0.39, 0.29) is 12.3 Å². The Morgan fingerprint density at radius 3 is 2.60 bits per heavy atom. The van der Waals surface area contributed by atoms with E-state index in [0.717, 1.165) is 0 Å². The van der Waals surface area contributed by atoms with E-state index in [0.29, 0.717) is 12.5 Å². The lowest BCUT2D eigenvalue weighted by Crippen LogP contribution is -2.19. The molecule has 1 rings (SSSR count). The van der Waals surface area contributed by atoms with Crippen LogP contribution in [-0.2, 0) is 4.79 Å². The molecule has 0 amide bonds. The smallest absolute Gasteiger partial charge is 0.303 e. The number of hydrogen-bond donors (Lipinski definition) is 2. The van der Waals surface area contributed by atoms with Gasteiger partial charge in [0.2, 0.25) is 0 Å². The molecule has 0 bridgehead atoms. The van der Waals surface area contributed by atoms with E-state index >= 15 is 0 Å². The van der Waals surface area contributed by atoms with Gasteiger partial charge in [0.25, 0.3) is 0 Å². The highest BCUT2D eigenvalue weighted by molar-refractivity contribution is 5.67. The summed E-state index contributed by atoms with van der Waals surface area (Å²) in [7, 11) is 0. The average Bonchev–Trinajstić information content (AvgIpc) is 2.63. The van der Waals surface area contributed by atoms with Crippen molar-refractivity contribution in [2.75, 3.05) is 6.54 Å². The fourth-order valence-electron chi connectivity index (χ4n) is 1.23. The first-order chi connectivity index (χ1) is 4.74. The molecule has 0 aromatic carbocycles. The van der Waals surface area contributed by atoms with Crippen LogP contribution in [0.3, 0.4) is 0 Å². The van der Waals surface area contributed by atoms with Crippen LogP contribution in [0.1, 0.15) is 19.3 Å². The third kappa shape index (κ3) is 1.99. The van der Waals surface area contributed by atoms with E-state index < -0.39 is 5.97 Å².